The van der Waals surface area contributed by atoms with Gasteiger partial charge in [0.15, 0.2) is 5.58 Å². The van der Waals surface area contributed by atoms with Crippen molar-refractivity contribution in [3.8, 4) is 33.8 Å². The first-order valence-electron chi connectivity index (χ1n) is 13.1. The fraction of sp³-hybridized carbons (Fsp3) is 0. The van der Waals surface area contributed by atoms with Crippen molar-refractivity contribution in [1.82, 2.24) is 9.97 Å². The van der Waals surface area contributed by atoms with Crippen LogP contribution in [0.4, 0.5) is 0 Å². The number of aromatic nitrogens is 2. The molecule has 0 atom stereocenters. The second kappa shape index (κ2) is 8.64. The maximum atomic E-state index is 6.02. The van der Waals surface area contributed by atoms with E-state index in [2.05, 4.69) is 108 Å². The summed E-state index contributed by atoms with van der Waals surface area (Å²) >= 11 is 0. The average molecular weight is 499 g/mol. The summed E-state index contributed by atoms with van der Waals surface area (Å²) < 4.78 is 6.02. The Morgan fingerprint density at radius 3 is 1.67 bits per heavy atom. The van der Waals surface area contributed by atoms with Gasteiger partial charge in [0.1, 0.15) is 5.52 Å². The number of hydrogen-bond acceptors (Lipinski definition) is 3. The average Bonchev–Trinajstić information content (AvgIpc) is 3.44. The van der Waals surface area contributed by atoms with E-state index in [1.807, 2.05) is 30.3 Å². The van der Waals surface area contributed by atoms with Crippen LogP contribution >= 0.6 is 0 Å². The van der Waals surface area contributed by atoms with Crippen molar-refractivity contribution in [3.05, 3.63) is 133 Å². The second-order valence-corrected chi connectivity index (χ2v) is 9.79. The van der Waals surface area contributed by atoms with Gasteiger partial charge >= 0.3 is 0 Å². The minimum Gasteiger partial charge on any atom is -0.436 e. The molecule has 2 heterocycles. The molecule has 3 nitrogen and oxygen atoms in total. The number of fused-ring (bicyclic) bond motifs is 4. The molecule has 8 aromatic rings. The molecule has 0 saturated carbocycles. The first kappa shape index (κ1) is 21.8. The highest BCUT2D eigenvalue weighted by Gasteiger charge is 2.18. The number of rotatable bonds is 3. The van der Waals surface area contributed by atoms with E-state index in [-0.39, 0.29) is 0 Å². The van der Waals surface area contributed by atoms with Crippen molar-refractivity contribution in [2.24, 2.45) is 0 Å². The van der Waals surface area contributed by atoms with E-state index in [0.717, 1.165) is 38.8 Å². The van der Waals surface area contributed by atoms with Crippen LogP contribution in [-0.4, -0.2) is 9.97 Å². The van der Waals surface area contributed by atoms with Gasteiger partial charge in [0.25, 0.3) is 0 Å². The van der Waals surface area contributed by atoms with E-state index >= 15 is 0 Å². The highest BCUT2D eigenvalue weighted by Crippen LogP contribution is 2.43. The summed E-state index contributed by atoms with van der Waals surface area (Å²) in [5.41, 5.74) is 8.15. The van der Waals surface area contributed by atoms with E-state index < -0.39 is 0 Å². The van der Waals surface area contributed by atoms with E-state index in [4.69, 9.17) is 9.40 Å². The third-order valence-corrected chi connectivity index (χ3v) is 7.50. The topological polar surface area (TPSA) is 38.9 Å². The highest BCUT2D eigenvalue weighted by molar-refractivity contribution is 6.21. The summed E-state index contributed by atoms with van der Waals surface area (Å²) in [5, 5.41) is 5.94. The van der Waals surface area contributed by atoms with E-state index in [1.54, 1.807) is 0 Å². The Balaban J connectivity index is 1.35. The third kappa shape index (κ3) is 3.52. The smallest absolute Gasteiger partial charge is 0.227 e. The number of oxazole rings is 1. The molecule has 2 aromatic heterocycles. The summed E-state index contributed by atoms with van der Waals surface area (Å²) in [7, 11) is 0. The van der Waals surface area contributed by atoms with Gasteiger partial charge in [0.05, 0.1) is 11.2 Å². The van der Waals surface area contributed by atoms with Crippen molar-refractivity contribution >= 4 is 43.5 Å². The molecule has 0 unspecified atom stereocenters. The van der Waals surface area contributed by atoms with Gasteiger partial charge in [-0.05, 0) is 69.1 Å². The summed E-state index contributed by atoms with van der Waals surface area (Å²) in [5.74, 6) is 0.634. The molecule has 0 N–H and O–H groups in total. The zero-order chi connectivity index (χ0) is 25.8. The number of hydrogen-bond donors (Lipinski definition) is 0. The molecule has 0 amide bonds. The van der Waals surface area contributed by atoms with Crippen molar-refractivity contribution in [3.63, 3.8) is 0 Å². The number of nitrogens with zero attached hydrogens (tertiary/aromatic N) is 2. The van der Waals surface area contributed by atoms with Crippen LogP contribution in [0.5, 0.6) is 0 Å². The molecule has 0 aliphatic carbocycles. The zero-order valence-electron chi connectivity index (χ0n) is 21.0. The maximum Gasteiger partial charge on any atom is 0.227 e. The van der Waals surface area contributed by atoms with Gasteiger partial charge in [-0.15, -0.1) is 0 Å². The number of para-hydroxylation sites is 3. The third-order valence-electron chi connectivity index (χ3n) is 7.50. The lowest BCUT2D eigenvalue weighted by atomic mass is 9.87. The normalized spacial score (nSPS) is 11.6. The van der Waals surface area contributed by atoms with Crippen molar-refractivity contribution < 1.29 is 4.42 Å². The lowest BCUT2D eigenvalue weighted by molar-refractivity contribution is 0.620. The van der Waals surface area contributed by atoms with Crippen LogP contribution in [0.25, 0.3) is 77.4 Å². The lowest BCUT2D eigenvalue weighted by Crippen LogP contribution is -1.93. The molecule has 6 aromatic carbocycles. The van der Waals surface area contributed by atoms with E-state index in [0.29, 0.717) is 5.89 Å². The molecule has 0 aliphatic heterocycles. The predicted molar refractivity (Wildman–Crippen MR) is 161 cm³/mol. The molecule has 3 heteroatoms. The Hall–Kier alpha value is -5.28. The number of benzene rings is 6. The van der Waals surface area contributed by atoms with E-state index in [9.17, 15) is 0 Å². The Kier molecular flexibility index (Phi) is 4.82. The molecule has 0 aliphatic rings. The van der Waals surface area contributed by atoms with Crippen LogP contribution in [-0.2, 0) is 0 Å². The van der Waals surface area contributed by atoms with Gasteiger partial charge < -0.3 is 4.42 Å². The van der Waals surface area contributed by atoms with E-state index in [1.165, 1.54) is 32.7 Å². The Morgan fingerprint density at radius 1 is 0.410 bits per heavy atom. The summed E-state index contributed by atoms with van der Waals surface area (Å²) in [6.45, 7) is 0. The molecule has 0 spiro atoms. The molecule has 39 heavy (non-hydrogen) atoms. The van der Waals surface area contributed by atoms with Crippen LogP contribution in [0.2, 0.25) is 0 Å². The first-order valence-corrected chi connectivity index (χ1v) is 13.1. The molecule has 0 fully saturated rings. The van der Waals surface area contributed by atoms with Crippen LogP contribution in [0.15, 0.2) is 138 Å². The molecule has 0 bridgehead atoms. The molecular weight excluding hydrogens is 476 g/mol. The fourth-order valence-electron chi connectivity index (χ4n) is 5.70. The summed E-state index contributed by atoms with van der Waals surface area (Å²) in [4.78, 5) is 9.77. The van der Waals surface area contributed by atoms with Crippen LogP contribution < -0.4 is 0 Å². The molecule has 8 rings (SSSR count). The SMILES string of the molecule is c1ccc2nc(-c3c4ccccc4c(-c4ccc(-c5nc6ccccc6o5)cc4)c4ccccc34)ccc2c1. The van der Waals surface area contributed by atoms with Crippen LogP contribution in [0.3, 0.4) is 0 Å². The first-order chi connectivity index (χ1) is 19.3. The monoisotopic (exact) mass is 498 g/mol. The molecule has 0 saturated heterocycles. The van der Waals surface area contributed by atoms with Crippen LogP contribution in [0, 0.1) is 0 Å². The van der Waals surface area contributed by atoms with Gasteiger partial charge in [0.2, 0.25) is 5.89 Å². The van der Waals surface area contributed by atoms with Crippen molar-refractivity contribution in [2.75, 3.05) is 0 Å². The second-order valence-electron chi connectivity index (χ2n) is 9.79. The molecule has 182 valence electrons. The zero-order valence-corrected chi connectivity index (χ0v) is 21.0. The minimum absolute atomic E-state index is 0.634. The summed E-state index contributed by atoms with van der Waals surface area (Å²) in [6, 6.07) is 46.3. The minimum atomic E-state index is 0.634. The standard InChI is InChI=1S/C36H22N2O/c1-6-14-30-23(9-1)21-22-32(37-30)35-28-12-4-2-10-26(28)34(27-11-3-5-13-29(27)35)24-17-19-25(20-18-24)36-38-31-15-7-8-16-33(31)39-36/h1-22H. The predicted octanol–water partition coefficient (Wildman–Crippen LogP) is 9.68. The maximum absolute atomic E-state index is 6.02. The van der Waals surface area contributed by atoms with Crippen molar-refractivity contribution in [1.29, 1.82) is 0 Å². The van der Waals surface area contributed by atoms with Gasteiger partial charge in [-0.3, -0.25) is 0 Å². The van der Waals surface area contributed by atoms with Gasteiger partial charge in [-0.1, -0.05) is 97.1 Å². The fourth-order valence-corrected chi connectivity index (χ4v) is 5.70. The molecule has 0 radical (unpaired) electrons. The van der Waals surface area contributed by atoms with Gasteiger partial charge in [-0.25, -0.2) is 9.97 Å². The lowest BCUT2D eigenvalue weighted by Gasteiger charge is -2.17. The number of pyridine rings is 1. The Labute approximate surface area is 225 Å². The quantitative estimate of drug-likeness (QED) is 0.228. The summed E-state index contributed by atoms with van der Waals surface area (Å²) in [6.07, 6.45) is 0. The Morgan fingerprint density at radius 2 is 0.974 bits per heavy atom. The van der Waals surface area contributed by atoms with Gasteiger partial charge in [0, 0.05) is 16.5 Å². The largest absolute Gasteiger partial charge is 0.436 e. The Bertz CT molecular complexity index is 2080. The highest BCUT2D eigenvalue weighted by atomic mass is 16.3. The van der Waals surface area contributed by atoms with Gasteiger partial charge in [-0.2, -0.15) is 0 Å². The van der Waals surface area contributed by atoms with Crippen molar-refractivity contribution in [2.45, 2.75) is 0 Å². The molecular formula is C36H22N2O. The van der Waals surface area contributed by atoms with Crippen LogP contribution in [0.1, 0.15) is 0 Å².